The van der Waals surface area contributed by atoms with Crippen molar-refractivity contribution in [1.29, 1.82) is 0 Å². The third-order valence-corrected chi connectivity index (χ3v) is 5.77. The average molecular weight is 440 g/mol. The van der Waals surface area contributed by atoms with Gasteiger partial charge in [-0.1, -0.05) is 92.5 Å². The number of hydrogen-bond donors (Lipinski definition) is 0. The highest BCUT2D eigenvalue weighted by Gasteiger charge is 2.06. The van der Waals surface area contributed by atoms with E-state index in [1.165, 1.54) is 43.8 Å². The predicted octanol–water partition coefficient (Wildman–Crippen LogP) is 7.45. The Morgan fingerprint density at radius 3 is 1.42 bits per heavy atom. The van der Waals surface area contributed by atoms with Crippen molar-refractivity contribution in [1.82, 2.24) is 0 Å². The molecule has 0 radical (unpaired) electrons. The van der Waals surface area contributed by atoms with Crippen LogP contribution in [0.2, 0.25) is 0 Å². The van der Waals surface area contributed by atoms with E-state index < -0.39 is 0 Å². The van der Waals surface area contributed by atoms with Crippen molar-refractivity contribution in [3.8, 4) is 11.1 Å². The van der Waals surface area contributed by atoms with Crippen molar-refractivity contribution in [2.24, 2.45) is 0 Å². The number of alkyl halides is 2. The third-order valence-electron chi connectivity index (χ3n) is 4.57. The second-order valence-electron chi connectivity index (χ2n) is 5.97. The molecule has 0 fully saturated rings. The molecule has 0 saturated carbocycles. The molecule has 0 atom stereocenters. The van der Waals surface area contributed by atoms with Gasteiger partial charge in [-0.3, -0.25) is 0 Å². The zero-order valence-electron chi connectivity index (χ0n) is 13.1. The summed E-state index contributed by atoms with van der Waals surface area (Å²) in [7, 11) is 0. The zero-order valence-corrected chi connectivity index (χ0v) is 16.3. The second kappa shape index (κ2) is 6.70. The van der Waals surface area contributed by atoms with Crippen LogP contribution in [0.4, 0.5) is 0 Å². The fourth-order valence-electron chi connectivity index (χ4n) is 3.27. The van der Waals surface area contributed by atoms with Gasteiger partial charge in [0.05, 0.1) is 0 Å². The molecule has 0 amide bonds. The highest BCUT2D eigenvalue weighted by molar-refractivity contribution is 9.08. The molecule has 0 bridgehead atoms. The van der Waals surface area contributed by atoms with Gasteiger partial charge < -0.3 is 0 Å². The van der Waals surface area contributed by atoms with E-state index in [9.17, 15) is 0 Å². The largest absolute Gasteiger partial charge is 0.0876 e. The summed E-state index contributed by atoms with van der Waals surface area (Å²) in [6.07, 6.45) is 0. The monoisotopic (exact) mass is 438 g/mol. The van der Waals surface area contributed by atoms with Gasteiger partial charge in [-0.05, 0) is 55.9 Å². The van der Waals surface area contributed by atoms with Gasteiger partial charge in [0, 0.05) is 10.7 Å². The highest BCUT2D eigenvalue weighted by Crippen LogP contribution is 2.31. The van der Waals surface area contributed by atoms with Crippen LogP contribution >= 0.6 is 31.9 Å². The van der Waals surface area contributed by atoms with Gasteiger partial charge in [-0.25, -0.2) is 0 Å². The lowest BCUT2D eigenvalue weighted by atomic mass is 9.96. The number of rotatable bonds is 3. The maximum absolute atomic E-state index is 3.61. The van der Waals surface area contributed by atoms with E-state index in [1.807, 2.05) is 0 Å². The first kappa shape index (κ1) is 15.9. The second-order valence-corrected chi connectivity index (χ2v) is 7.09. The molecule has 118 valence electrons. The van der Waals surface area contributed by atoms with Crippen LogP contribution in [-0.4, -0.2) is 0 Å². The minimum atomic E-state index is 0.874. The van der Waals surface area contributed by atoms with Crippen LogP contribution in [0, 0.1) is 0 Å². The number of hydrogen-bond acceptors (Lipinski definition) is 0. The molecule has 0 spiro atoms. The normalized spacial score (nSPS) is 11.2. The molecule has 0 aliphatic carbocycles. The molecule has 0 unspecified atom stereocenters. The van der Waals surface area contributed by atoms with Crippen molar-refractivity contribution in [2.75, 3.05) is 0 Å². The predicted molar refractivity (Wildman–Crippen MR) is 112 cm³/mol. The van der Waals surface area contributed by atoms with Crippen molar-refractivity contribution in [3.63, 3.8) is 0 Å². The van der Waals surface area contributed by atoms with Gasteiger partial charge in [-0.15, -0.1) is 0 Å². The summed E-state index contributed by atoms with van der Waals surface area (Å²) >= 11 is 7.21. The van der Waals surface area contributed by atoms with Gasteiger partial charge in [0.15, 0.2) is 0 Å². The molecule has 0 N–H and O–H groups in total. The third kappa shape index (κ3) is 2.78. The molecule has 4 aromatic rings. The first-order valence-electron chi connectivity index (χ1n) is 7.96. The molecular weight excluding hydrogens is 424 g/mol. The topological polar surface area (TPSA) is 0 Å². The van der Waals surface area contributed by atoms with Crippen LogP contribution < -0.4 is 0 Å². The minimum absolute atomic E-state index is 0.874. The number of halogens is 2. The number of fused-ring (bicyclic) bond motifs is 2. The smallest absolute Gasteiger partial charge is 0.0289 e. The summed E-state index contributed by atoms with van der Waals surface area (Å²) in [5, 5.41) is 6.97. The molecule has 0 heterocycles. The van der Waals surface area contributed by atoms with E-state index in [1.54, 1.807) is 0 Å². The molecule has 0 saturated heterocycles. The SMILES string of the molecule is BrCc1cccc2ccc(-c3ccc4cccc(CBr)c4c3)cc12. The van der Waals surface area contributed by atoms with Gasteiger partial charge in [-0.2, -0.15) is 0 Å². The summed E-state index contributed by atoms with van der Waals surface area (Å²) in [6.45, 7) is 0. The van der Waals surface area contributed by atoms with Crippen molar-refractivity contribution in [2.45, 2.75) is 10.7 Å². The van der Waals surface area contributed by atoms with E-state index in [4.69, 9.17) is 0 Å². The van der Waals surface area contributed by atoms with Gasteiger partial charge >= 0.3 is 0 Å². The molecule has 0 nitrogen and oxygen atoms in total. The Kier molecular flexibility index (Phi) is 4.43. The quantitative estimate of drug-likeness (QED) is 0.291. The maximum Gasteiger partial charge on any atom is 0.0289 e. The Labute approximate surface area is 158 Å². The average Bonchev–Trinajstić information content (AvgIpc) is 2.66. The minimum Gasteiger partial charge on any atom is -0.0876 e. The Morgan fingerprint density at radius 1 is 0.542 bits per heavy atom. The van der Waals surface area contributed by atoms with E-state index >= 15 is 0 Å². The van der Waals surface area contributed by atoms with E-state index in [0.717, 1.165) is 10.7 Å². The van der Waals surface area contributed by atoms with E-state index in [2.05, 4.69) is 105 Å². The molecule has 4 rings (SSSR count). The van der Waals surface area contributed by atoms with Gasteiger partial charge in [0.25, 0.3) is 0 Å². The van der Waals surface area contributed by atoms with Crippen LogP contribution in [-0.2, 0) is 10.7 Å². The van der Waals surface area contributed by atoms with Crippen LogP contribution in [0.1, 0.15) is 11.1 Å². The Balaban J connectivity index is 1.92. The lowest BCUT2D eigenvalue weighted by molar-refractivity contribution is 1.48. The lowest BCUT2D eigenvalue weighted by Gasteiger charge is -2.10. The van der Waals surface area contributed by atoms with Crippen molar-refractivity contribution < 1.29 is 0 Å². The highest BCUT2D eigenvalue weighted by atomic mass is 79.9. The fourth-order valence-corrected chi connectivity index (χ4v) is 4.24. The molecule has 24 heavy (non-hydrogen) atoms. The first-order valence-corrected chi connectivity index (χ1v) is 10.2. The standard InChI is InChI=1S/C22H16Br2/c23-13-19-5-1-3-15-7-9-17(11-21(15)19)18-10-8-16-4-2-6-20(14-24)22(16)12-18/h1-12H,13-14H2. The molecule has 0 aliphatic rings. The molecule has 4 aromatic carbocycles. The van der Waals surface area contributed by atoms with Crippen LogP contribution in [0.15, 0.2) is 72.8 Å². The van der Waals surface area contributed by atoms with Crippen molar-refractivity contribution in [3.05, 3.63) is 83.9 Å². The Hall–Kier alpha value is -1.64. The van der Waals surface area contributed by atoms with E-state index in [-0.39, 0.29) is 0 Å². The summed E-state index contributed by atoms with van der Waals surface area (Å²) in [5.74, 6) is 0. The molecular formula is C22H16Br2. The lowest BCUT2D eigenvalue weighted by Crippen LogP contribution is -1.86. The van der Waals surface area contributed by atoms with Gasteiger partial charge in [0.1, 0.15) is 0 Å². The maximum atomic E-state index is 3.61. The molecule has 0 aromatic heterocycles. The van der Waals surface area contributed by atoms with Crippen LogP contribution in [0.25, 0.3) is 32.7 Å². The van der Waals surface area contributed by atoms with E-state index in [0.29, 0.717) is 0 Å². The zero-order chi connectivity index (χ0) is 16.5. The molecule has 0 aliphatic heterocycles. The first-order chi connectivity index (χ1) is 11.8. The van der Waals surface area contributed by atoms with Gasteiger partial charge in [0.2, 0.25) is 0 Å². The summed E-state index contributed by atoms with van der Waals surface area (Å²) in [4.78, 5) is 0. The number of benzene rings is 4. The Morgan fingerprint density at radius 2 is 1.00 bits per heavy atom. The van der Waals surface area contributed by atoms with Crippen molar-refractivity contribution >= 4 is 53.4 Å². The van der Waals surface area contributed by atoms with Crippen LogP contribution in [0.5, 0.6) is 0 Å². The Bertz CT molecular complexity index is 949. The summed E-state index contributed by atoms with van der Waals surface area (Å²) in [5.41, 5.74) is 5.19. The van der Waals surface area contributed by atoms with Crippen LogP contribution in [0.3, 0.4) is 0 Å². The molecule has 2 heteroatoms. The summed E-state index contributed by atoms with van der Waals surface area (Å²) in [6, 6.07) is 26.5. The fraction of sp³-hybridized carbons (Fsp3) is 0.0909. The summed E-state index contributed by atoms with van der Waals surface area (Å²) < 4.78 is 0.